The summed E-state index contributed by atoms with van der Waals surface area (Å²) in [6.07, 6.45) is 0. The van der Waals surface area contributed by atoms with Gasteiger partial charge in [0.05, 0.1) is 18.2 Å². The molecular weight excluding hydrogens is 224 g/mol. The lowest BCUT2D eigenvalue weighted by Crippen LogP contribution is -1.88. The zero-order chi connectivity index (χ0) is 9.14. The topological polar surface area (TPSA) is 49.7 Å². The molecule has 0 radical (unpaired) electrons. The van der Waals surface area contributed by atoms with Gasteiger partial charge in [-0.05, 0) is 33.6 Å². The summed E-state index contributed by atoms with van der Waals surface area (Å²) < 4.78 is 5.53. The molecule has 0 aliphatic carbocycles. The average Bonchev–Trinajstić information content (AvgIpc) is 2.03. The maximum absolute atomic E-state index is 9.34. The Labute approximate surface area is 78.7 Å². The van der Waals surface area contributed by atoms with Gasteiger partial charge in [-0.25, -0.2) is 0 Å². The van der Waals surface area contributed by atoms with E-state index in [-0.39, 0.29) is 12.4 Å². The lowest BCUT2D eigenvalue weighted by Gasteiger charge is -2.06. The molecule has 0 saturated carbocycles. The molecule has 0 aliphatic rings. The summed E-state index contributed by atoms with van der Waals surface area (Å²) >= 11 is 3.20. The zero-order valence-electron chi connectivity index (χ0n) is 6.54. The predicted octanol–water partition coefficient (Wildman–Crippen LogP) is 1.66. The summed E-state index contributed by atoms with van der Waals surface area (Å²) in [5.74, 6) is 0.406. The van der Waals surface area contributed by atoms with Crippen LogP contribution in [-0.4, -0.2) is 17.3 Å². The Kier molecular flexibility index (Phi) is 2.94. The molecule has 0 bridgehead atoms. The van der Waals surface area contributed by atoms with E-state index in [1.165, 1.54) is 13.2 Å². The quantitative estimate of drug-likeness (QED) is 0.816. The maximum Gasteiger partial charge on any atom is 0.174 e. The second-order valence-corrected chi connectivity index (χ2v) is 3.14. The zero-order valence-corrected chi connectivity index (χ0v) is 8.13. The van der Waals surface area contributed by atoms with Crippen LogP contribution < -0.4 is 4.74 Å². The van der Waals surface area contributed by atoms with E-state index in [4.69, 9.17) is 9.84 Å². The first-order valence-electron chi connectivity index (χ1n) is 3.35. The molecule has 4 heteroatoms. The number of aliphatic hydroxyl groups is 1. The third kappa shape index (κ3) is 1.70. The summed E-state index contributed by atoms with van der Waals surface area (Å²) in [5, 5.41) is 18.1. The maximum atomic E-state index is 9.34. The lowest BCUT2D eigenvalue weighted by atomic mass is 10.2. The fraction of sp³-hybridized carbons (Fsp3) is 0.250. The molecule has 0 aliphatic heterocycles. The van der Waals surface area contributed by atoms with Crippen LogP contribution in [0.1, 0.15) is 5.56 Å². The van der Waals surface area contributed by atoms with E-state index in [1.807, 2.05) is 0 Å². The van der Waals surface area contributed by atoms with Crippen LogP contribution in [0.4, 0.5) is 0 Å². The number of hydrogen-bond donors (Lipinski definition) is 2. The van der Waals surface area contributed by atoms with Crippen molar-refractivity contribution >= 4 is 15.9 Å². The number of aliphatic hydroxyl groups excluding tert-OH is 1. The fourth-order valence-corrected chi connectivity index (χ4v) is 1.59. The Bertz CT molecular complexity index is 263. The molecule has 1 rings (SSSR count). The molecule has 0 saturated heterocycles. The number of halogens is 1. The molecule has 2 N–H and O–H groups in total. The highest BCUT2D eigenvalue weighted by atomic mass is 79.9. The first-order chi connectivity index (χ1) is 5.69. The number of aromatic hydroxyl groups is 1. The van der Waals surface area contributed by atoms with E-state index in [1.54, 1.807) is 6.07 Å². The van der Waals surface area contributed by atoms with Crippen LogP contribution in [-0.2, 0) is 6.61 Å². The van der Waals surface area contributed by atoms with Crippen molar-refractivity contribution in [1.82, 2.24) is 0 Å². The molecule has 1 aromatic rings. The molecule has 0 unspecified atom stereocenters. The van der Waals surface area contributed by atoms with Gasteiger partial charge in [0.2, 0.25) is 0 Å². The lowest BCUT2D eigenvalue weighted by molar-refractivity contribution is 0.280. The summed E-state index contributed by atoms with van der Waals surface area (Å²) in [6, 6.07) is 3.15. The molecule has 0 heterocycles. The number of hydrogen-bond acceptors (Lipinski definition) is 3. The largest absolute Gasteiger partial charge is 0.504 e. The van der Waals surface area contributed by atoms with Crippen molar-refractivity contribution in [3.8, 4) is 11.5 Å². The number of rotatable bonds is 2. The van der Waals surface area contributed by atoms with Crippen molar-refractivity contribution in [1.29, 1.82) is 0 Å². The van der Waals surface area contributed by atoms with Crippen molar-refractivity contribution in [2.45, 2.75) is 6.61 Å². The van der Waals surface area contributed by atoms with Crippen LogP contribution in [0.2, 0.25) is 0 Å². The van der Waals surface area contributed by atoms with E-state index in [9.17, 15) is 5.11 Å². The monoisotopic (exact) mass is 232 g/mol. The number of methoxy groups -OCH3 is 1. The first-order valence-corrected chi connectivity index (χ1v) is 4.14. The van der Waals surface area contributed by atoms with E-state index in [2.05, 4.69) is 15.9 Å². The number of benzene rings is 1. The number of phenols is 1. The van der Waals surface area contributed by atoms with Gasteiger partial charge in [-0.2, -0.15) is 0 Å². The third-order valence-corrected chi connectivity index (χ3v) is 2.06. The first kappa shape index (κ1) is 9.35. The average molecular weight is 233 g/mol. The Morgan fingerprint density at radius 1 is 1.50 bits per heavy atom. The van der Waals surface area contributed by atoms with Gasteiger partial charge < -0.3 is 14.9 Å². The Morgan fingerprint density at radius 2 is 2.17 bits per heavy atom. The van der Waals surface area contributed by atoms with Gasteiger partial charge in [-0.3, -0.25) is 0 Å². The van der Waals surface area contributed by atoms with Gasteiger partial charge in [-0.15, -0.1) is 0 Å². The van der Waals surface area contributed by atoms with Crippen molar-refractivity contribution in [3.63, 3.8) is 0 Å². The minimum atomic E-state index is -0.101. The Balaban J connectivity index is 3.18. The summed E-state index contributed by atoms with van der Waals surface area (Å²) in [6.45, 7) is -0.101. The smallest absolute Gasteiger partial charge is 0.174 e. The van der Waals surface area contributed by atoms with Crippen LogP contribution in [0.15, 0.2) is 16.6 Å². The molecule has 0 amide bonds. The highest BCUT2D eigenvalue weighted by Gasteiger charge is 2.07. The summed E-state index contributed by atoms with van der Waals surface area (Å²) in [5.41, 5.74) is 0.639. The van der Waals surface area contributed by atoms with Gasteiger partial charge in [0.1, 0.15) is 0 Å². The summed E-state index contributed by atoms with van der Waals surface area (Å²) in [7, 11) is 1.47. The number of phenolic OH excluding ortho intramolecular Hbond substituents is 1. The van der Waals surface area contributed by atoms with E-state index < -0.39 is 0 Å². The van der Waals surface area contributed by atoms with Crippen LogP contribution in [0.25, 0.3) is 0 Å². The third-order valence-electron chi connectivity index (χ3n) is 1.47. The molecule has 66 valence electrons. The van der Waals surface area contributed by atoms with Crippen molar-refractivity contribution in [2.24, 2.45) is 0 Å². The van der Waals surface area contributed by atoms with Crippen LogP contribution >= 0.6 is 15.9 Å². The molecule has 0 aromatic heterocycles. The second kappa shape index (κ2) is 3.78. The van der Waals surface area contributed by atoms with E-state index in [0.717, 1.165) is 0 Å². The molecule has 1 aromatic carbocycles. The summed E-state index contributed by atoms with van der Waals surface area (Å²) in [4.78, 5) is 0. The van der Waals surface area contributed by atoms with Crippen molar-refractivity contribution in [3.05, 3.63) is 22.2 Å². The van der Waals surface area contributed by atoms with Crippen molar-refractivity contribution in [2.75, 3.05) is 7.11 Å². The van der Waals surface area contributed by atoms with E-state index in [0.29, 0.717) is 15.8 Å². The highest BCUT2D eigenvalue weighted by molar-refractivity contribution is 9.10. The highest BCUT2D eigenvalue weighted by Crippen LogP contribution is 2.35. The van der Waals surface area contributed by atoms with Gasteiger partial charge in [0, 0.05) is 0 Å². The van der Waals surface area contributed by atoms with Crippen molar-refractivity contribution < 1.29 is 14.9 Å². The minimum Gasteiger partial charge on any atom is -0.504 e. The second-order valence-electron chi connectivity index (χ2n) is 2.29. The molecule has 0 atom stereocenters. The van der Waals surface area contributed by atoms with Gasteiger partial charge in [-0.1, -0.05) is 0 Å². The predicted molar refractivity (Wildman–Crippen MR) is 48.3 cm³/mol. The number of ether oxygens (including phenoxy) is 1. The van der Waals surface area contributed by atoms with Crippen LogP contribution in [0, 0.1) is 0 Å². The normalized spacial score (nSPS) is 9.92. The van der Waals surface area contributed by atoms with Crippen LogP contribution in [0.3, 0.4) is 0 Å². The standard InChI is InChI=1S/C8H9BrO3/c1-12-8-6(9)2-5(4-10)3-7(8)11/h2-3,10-11H,4H2,1H3. The molecular formula is C8H9BrO3. The fourth-order valence-electron chi connectivity index (χ4n) is 0.927. The molecule has 0 fully saturated rings. The molecule has 3 nitrogen and oxygen atoms in total. The minimum absolute atomic E-state index is 0.0240. The Morgan fingerprint density at radius 3 is 2.58 bits per heavy atom. The van der Waals surface area contributed by atoms with E-state index >= 15 is 0 Å². The Hall–Kier alpha value is -0.740. The van der Waals surface area contributed by atoms with Gasteiger partial charge >= 0.3 is 0 Å². The van der Waals surface area contributed by atoms with Gasteiger partial charge in [0.15, 0.2) is 11.5 Å². The van der Waals surface area contributed by atoms with Gasteiger partial charge in [0.25, 0.3) is 0 Å². The van der Waals surface area contributed by atoms with Crippen LogP contribution in [0.5, 0.6) is 11.5 Å². The molecule has 0 spiro atoms. The molecule has 12 heavy (non-hydrogen) atoms. The SMILES string of the molecule is COc1c(O)cc(CO)cc1Br.